The number of amides is 2. The molecule has 0 aliphatic heterocycles. The van der Waals surface area contributed by atoms with Crippen molar-refractivity contribution in [2.75, 3.05) is 45.3 Å². The molecule has 0 aromatic heterocycles. The van der Waals surface area contributed by atoms with Crippen molar-refractivity contribution in [2.24, 2.45) is 0 Å². The van der Waals surface area contributed by atoms with Crippen molar-refractivity contribution >= 4 is 41.0 Å². The number of alkyl carbamates (subject to hydrolysis) is 2. The fourth-order valence-corrected chi connectivity index (χ4v) is 2.22. The highest BCUT2D eigenvalue weighted by Crippen LogP contribution is 2.03. The van der Waals surface area contributed by atoms with Crippen molar-refractivity contribution in [3.05, 3.63) is 24.3 Å². The van der Waals surface area contributed by atoms with Crippen LogP contribution in [0.4, 0.5) is 9.59 Å². The van der Waals surface area contributed by atoms with Gasteiger partial charge in [0, 0.05) is 36.4 Å². The van der Waals surface area contributed by atoms with Gasteiger partial charge < -0.3 is 29.6 Å². The van der Waals surface area contributed by atoms with Crippen LogP contribution in [-0.2, 0) is 33.3 Å². The molecule has 11 nitrogen and oxygen atoms in total. The summed E-state index contributed by atoms with van der Waals surface area (Å²) in [5.74, 6) is -0.818. The van der Waals surface area contributed by atoms with Gasteiger partial charge in [-0.05, 0) is 13.8 Å². The Morgan fingerprint density at radius 1 is 0.710 bits per heavy atom. The molecule has 0 heterocycles. The molecule has 12 heteroatoms. The molecule has 0 fully saturated rings. The van der Waals surface area contributed by atoms with Crippen molar-refractivity contribution in [1.82, 2.24) is 10.6 Å². The quantitative estimate of drug-likeness (QED) is 0.168. The fraction of sp³-hybridized carbons (Fsp3) is 0.526. The first kappa shape index (κ1) is 28.0. The second-order valence-corrected chi connectivity index (χ2v) is 7.08. The van der Waals surface area contributed by atoms with Gasteiger partial charge in [-0.2, -0.15) is 0 Å². The van der Waals surface area contributed by atoms with Crippen LogP contribution >= 0.6 is 11.8 Å². The van der Waals surface area contributed by atoms with Gasteiger partial charge in [-0.1, -0.05) is 24.9 Å². The Hall–Kier alpha value is -3.02. The Morgan fingerprint density at radius 2 is 1.13 bits per heavy atom. The smallest absolute Gasteiger partial charge is 0.407 e. The molecule has 174 valence electrons. The van der Waals surface area contributed by atoms with E-state index in [-0.39, 0.29) is 62.2 Å². The maximum Gasteiger partial charge on any atom is 0.407 e. The molecule has 0 saturated heterocycles. The predicted molar refractivity (Wildman–Crippen MR) is 112 cm³/mol. The molecular weight excluding hydrogens is 432 g/mol. The lowest BCUT2D eigenvalue weighted by atomic mass is 10.4. The van der Waals surface area contributed by atoms with Crippen LogP contribution in [0.25, 0.3) is 0 Å². The average Bonchev–Trinajstić information content (AvgIpc) is 2.71. The highest BCUT2D eigenvalue weighted by molar-refractivity contribution is 8.13. The SMILES string of the molecule is C=C(C)C(=O)OCCOC(=O)NCCSC(=O)CCNC(=O)OCCOC(=O)C(=C)C. The van der Waals surface area contributed by atoms with E-state index in [1.165, 1.54) is 13.8 Å². The molecule has 31 heavy (non-hydrogen) atoms. The van der Waals surface area contributed by atoms with Crippen molar-refractivity contribution < 1.29 is 42.9 Å². The molecule has 2 N–H and O–H groups in total. The zero-order valence-electron chi connectivity index (χ0n) is 17.7. The van der Waals surface area contributed by atoms with Crippen LogP contribution < -0.4 is 10.6 Å². The summed E-state index contributed by atoms with van der Waals surface area (Å²) in [5, 5.41) is 4.65. The third-order valence-electron chi connectivity index (χ3n) is 3.03. The van der Waals surface area contributed by atoms with E-state index in [2.05, 4.69) is 23.8 Å². The van der Waals surface area contributed by atoms with Gasteiger partial charge >= 0.3 is 24.1 Å². The monoisotopic (exact) mass is 460 g/mol. The fourth-order valence-electron chi connectivity index (χ4n) is 1.54. The molecule has 0 rings (SSSR count). The third kappa shape index (κ3) is 16.5. The highest BCUT2D eigenvalue weighted by atomic mass is 32.2. The van der Waals surface area contributed by atoms with Crippen molar-refractivity contribution in [3.63, 3.8) is 0 Å². The molecule has 0 aromatic carbocycles. The van der Waals surface area contributed by atoms with E-state index in [0.717, 1.165) is 11.8 Å². The molecule has 0 radical (unpaired) electrons. The Bertz CT molecular complexity index is 679. The molecule has 2 amide bonds. The summed E-state index contributed by atoms with van der Waals surface area (Å²) in [6.07, 6.45) is -1.36. The second-order valence-electron chi connectivity index (χ2n) is 5.93. The summed E-state index contributed by atoms with van der Waals surface area (Å²) in [6, 6.07) is 0. The Morgan fingerprint density at radius 3 is 1.58 bits per heavy atom. The number of thioether (sulfide) groups is 1. The number of hydrogen-bond donors (Lipinski definition) is 2. The van der Waals surface area contributed by atoms with Gasteiger partial charge in [0.25, 0.3) is 0 Å². The highest BCUT2D eigenvalue weighted by Gasteiger charge is 2.08. The summed E-state index contributed by atoms with van der Waals surface area (Å²) in [5.41, 5.74) is 0.494. The van der Waals surface area contributed by atoms with E-state index in [4.69, 9.17) is 18.9 Å². The number of ether oxygens (including phenoxy) is 4. The first-order valence-electron chi connectivity index (χ1n) is 9.25. The zero-order valence-corrected chi connectivity index (χ0v) is 18.5. The van der Waals surface area contributed by atoms with E-state index >= 15 is 0 Å². The van der Waals surface area contributed by atoms with E-state index in [1.54, 1.807) is 0 Å². The topological polar surface area (TPSA) is 146 Å². The van der Waals surface area contributed by atoms with Gasteiger partial charge in [0.1, 0.15) is 26.4 Å². The molecule has 0 unspecified atom stereocenters. The van der Waals surface area contributed by atoms with Crippen LogP contribution in [0.1, 0.15) is 20.3 Å². The lowest BCUT2D eigenvalue weighted by molar-refractivity contribution is -0.140. The molecular formula is C19H28N2O9S. The van der Waals surface area contributed by atoms with Gasteiger partial charge in [-0.3, -0.25) is 4.79 Å². The van der Waals surface area contributed by atoms with Crippen LogP contribution in [0.3, 0.4) is 0 Å². The number of rotatable bonds is 14. The standard InChI is InChI=1S/C19H28N2O9S/c1-13(2)16(23)27-8-10-29-18(25)20-6-5-15(22)31-12-7-21-19(26)30-11-9-28-17(24)14(3)4/h1,3,5-12H2,2,4H3,(H,20,25)(H,21,26). The molecule has 0 atom stereocenters. The Balaban J connectivity index is 3.62. The molecule has 0 saturated carbocycles. The minimum atomic E-state index is -0.734. The Labute approximate surface area is 184 Å². The minimum absolute atomic E-state index is 0.0724. The lowest BCUT2D eigenvalue weighted by Gasteiger charge is -2.08. The van der Waals surface area contributed by atoms with E-state index in [0.29, 0.717) is 5.75 Å². The van der Waals surface area contributed by atoms with Gasteiger partial charge in [-0.15, -0.1) is 0 Å². The number of esters is 2. The zero-order chi connectivity index (χ0) is 23.6. The van der Waals surface area contributed by atoms with Crippen molar-refractivity contribution in [2.45, 2.75) is 20.3 Å². The van der Waals surface area contributed by atoms with Gasteiger partial charge in [0.2, 0.25) is 0 Å². The number of hydrogen-bond acceptors (Lipinski definition) is 10. The molecule has 0 aromatic rings. The van der Waals surface area contributed by atoms with Gasteiger partial charge in [-0.25, -0.2) is 19.2 Å². The lowest BCUT2D eigenvalue weighted by Crippen LogP contribution is -2.29. The molecule has 0 aliphatic carbocycles. The number of nitrogens with one attached hydrogen (secondary N) is 2. The largest absolute Gasteiger partial charge is 0.459 e. The van der Waals surface area contributed by atoms with E-state index in [9.17, 15) is 24.0 Å². The van der Waals surface area contributed by atoms with Crippen LogP contribution in [0, 0.1) is 0 Å². The van der Waals surface area contributed by atoms with Gasteiger partial charge in [0.05, 0.1) is 0 Å². The van der Waals surface area contributed by atoms with Crippen molar-refractivity contribution in [3.8, 4) is 0 Å². The van der Waals surface area contributed by atoms with E-state index < -0.39 is 24.1 Å². The Kier molecular flexibility index (Phi) is 15.1. The first-order chi connectivity index (χ1) is 14.6. The summed E-state index contributed by atoms with van der Waals surface area (Å²) < 4.78 is 19.1. The maximum atomic E-state index is 11.7. The maximum absolute atomic E-state index is 11.7. The van der Waals surface area contributed by atoms with Crippen molar-refractivity contribution in [1.29, 1.82) is 0 Å². The minimum Gasteiger partial charge on any atom is -0.459 e. The summed E-state index contributed by atoms with van der Waals surface area (Å²) in [4.78, 5) is 56.8. The first-order valence-corrected chi connectivity index (χ1v) is 10.2. The second kappa shape index (κ2) is 16.7. The van der Waals surface area contributed by atoms with Crippen LogP contribution in [0.15, 0.2) is 24.3 Å². The van der Waals surface area contributed by atoms with Crippen LogP contribution in [0.5, 0.6) is 0 Å². The average molecular weight is 461 g/mol. The third-order valence-corrected chi connectivity index (χ3v) is 3.96. The molecule has 0 spiro atoms. The number of carbonyl (C=O) groups excluding carboxylic acids is 5. The predicted octanol–water partition coefficient (Wildman–Crippen LogP) is 1.33. The summed E-state index contributed by atoms with van der Waals surface area (Å²) in [7, 11) is 0. The normalized spacial score (nSPS) is 9.74. The van der Waals surface area contributed by atoms with Crippen LogP contribution in [0.2, 0.25) is 0 Å². The molecule has 0 bridgehead atoms. The van der Waals surface area contributed by atoms with Crippen LogP contribution in [-0.4, -0.2) is 74.5 Å². The van der Waals surface area contributed by atoms with E-state index in [1.807, 2.05) is 0 Å². The van der Waals surface area contributed by atoms with Gasteiger partial charge in [0.15, 0.2) is 5.12 Å². The molecule has 0 aliphatic rings. The summed E-state index contributed by atoms with van der Waals surface area (Å²) >= 11 is 0.987. The summed E-state index contributed by atoms with van der Waals surface area (Å²) in [6.45, 7) is 9.71. The number of carbonyl (C=O) groups is 5.